The van der Waals surface area contributed by atoms with Gasteiger partial charge in [0, 0.05) is 26.2 Å². The molecule has 1 aromatic carbocycles. The van der Waals surface area contributed by atoms with Gasteiger partial charge in [0.2, 0.25) is 0 Å². The Balaban J connectivity index is 1.51. The van der Waals surface area contributed by atoms with Gasteiger partial charge in [0.1, 0.15) is 5.75 Å². The summed E-state index contributed by atoms with van der Waals surface area (Å²) in [6.45, 7) is 6.29. The first kappa shape index (κ1) is 19.0. The Hall–Kier alpha value is -2.76. The molecule has 1 atom stereocenters. The Morgan fingerprint density at radius 2 is 1.78 bits per heavy atom. The highest BCUT2D eigenvalue weighted by atomic mass is 16.5. The molecule has 0 aliphatic carbocycles. The Morgan fingerprint density at radius 3 is 2.44 bits per heavy atom. The summed E-state index contributed by atoms with van der Waals surface area (Å²) < 4.78 is 11.0. The van der Waals surface area contributed by atoms with Crippen LogP contribution in [0.2, 0.25) is 0 Å². The van der Waals surface area contributed by atoms with Gasteiger partial charge in [-0.25, -0.2) is 0 Å². The fourth-order valence-electron chi connectivity index (χ4n) is 3.18. The van der Waals surface area contributed by atoms with E-state index in [0.29, 0.717) is 37.9 Å². The van der Waals surface area contributed by atoms with E-state index in [1.54, 1.807) is 21.9 Å². The normalized spacial score (nSPS) is 15.5. The zero-order chi connectivity index (χ0) is 19.2. The molecule has 2 amide bonds. The third kappa shape index (κ3) is 4.51. The SMILES string of the molecule is CCC(C)c1ccccc1OCC(=O)N1CCN(C(=O)c2ccco2)CC1. The molecule has 1 unspecified atom stereocenters. The first-order valence-corrected chi connectivity index (χ1v) is 9.42. The summed E-state index contributed by atoms with van der Waals surface area (Å²) in [6.07, 6.45) is 2.50. The van der Waals surface area contributed by atoms with Gasteiger partial charge in [0.05, 0.1) is 6.26 Å². The van der Waals surface area contributed by atoms with Crippen LogP contribution in [0.1, 0.15) is 42.3 Å². The molecular weight excluding hydrogens is 344 g/mol. The fraction of sp³-hybridized carbons (Fsp3) is 0.429. The van der Waals surface area contributed by atoms with Crippen molar-refractivity contribution in [3.63, 3.8) is 0 Å². The molecule has 27 heavy (non-hydrogen) atoms. The number of benzene rings is 1. The molecule has 0 bridgehead atoms. The van der Waals surface area contributed by atoms with Crippen LogP contribution in [0.5, 0.6) is 5.75 Å². The van der Waals surface area contributed by atoms with Crippen molar-refractivity contribution in [2.24, 2.45) is 0 Å². The quantitative estimate of drug-likeness (QED) is 0.784. The number of rotatable bonds is 6. The molecule has 1 saturated heterocycles. The number of ether oxygens (including phenoxy) is 1. The molecule has 1 aromatic heterocycles. The van der Waals surface area contributed by atoms with Crippen LogP contribution in [0, 0.1) is 0 Å². The molecule has 2 heterocycles. The third-order valence-corrected chi connectivity index (χ3v) is 5.06. The van der Waals surface area contributed by atoms with Crippen LogP contribution in [-0.4, -0.2) is 54.4 Å². The monoisotopic (exact) mass is 370 g/mol. The number of piperazine rings is 1. The van der Waals surface area contributed by atoms with Crippen molar-refractivity contribution in [3.8, 4) is 5.75 Å². The Kier molecular flexibility index (Phi) is 6.16. The van der Waals surface area contributed by atoms with Crippen molar-refractivity contribution in [2.45, 2.75) is 26.2 Å². The lowest BCUT2D eigenvalue weighted by Crippen LogP contribution is -2.51. The summed E-state index contributed by atoms with van der Waals surface area (Å²) in [7, 11) is 0. The average molecular weight is 370 g/mol. The molecule has 0 spiro atoms. The molecular formula is C21H26N2O4. The van der Waals surface area contributed by atoms with Crippen LogP contribution in [0.25, 0.3) is 0 Å². The molecule has 0 N–H and O–H groups in total. The fourth-order valence-corrected chi connectivity index (χ4v) is 3.18. The largest absolute Gasteiger partial charge is 0.483 e. The van der Waals surface area contributed by atoms with Crippen LogP contribution in [-0.2, 0) is 4.79 Å². The molecule has 1 fully saturated rings. The molecule has 1 aliphatic rings. The second kappa shape index (κ2) is 8.75. The van der Waals surface area contributed by atoms with Crippen LogP contribution >= 0.6 is 0 Å². The predicted octanol–water partition coefficient (Wildman–Crippen LogP) is 3.16. The summed E-state index contributed by atoms with van der Waals surface area (Å²) >= 11 is 0. The Morgan fingerprint density at radius 1 is 1.07 bits per heavy atom. The standard InChI is InChI=1S/C21H26N2O4/c1-3-16(2)17-7-4-5-8-18(17)27-15-20(24)22-10-12-23(13-11-22)21(25)19-9-6-14-26-19/h4-9,14,16H,3,10-13,15H2,1-2H3. The smallest absolute Gasteiger partial charge is 0.289 e. The maximum Gasteiger partial charge on any atom is 0.289 e. The van der Waals surface area contributed by atoms with Gasteiger partial charge in [-0.05, 0) is 36.1 Å². The van der Waals surface area contributed by atoms with E-state index < -0.39 is 0 Å². The minimum Gasteiger partial charge on any atom is -0.483 e. The number of amides is 2. The lowest BCUT2D eigenvalue weighted by Gasteiger charge is -2.34. The van der Waals surface area contributed by atoms with Gasteiger partial charge in [-0.15, -0.1) is 0 Å². The van der Waals surface area contributed by atoms with Gasteiger partial charge in [0.15, 0.2) is 12.4 Å². The molecule has 3 rings (SSSR count). The zero-order valence-electron chi connectivity index (χ0n) is 15.9. The van der Waals surface area contributed by atoms with E-state index >= 15 is 0 Å². The minimum absolute atomic E-state index is 0.0135. The highest BCUT2D eigenvalue weighted by Gasteiger charge is 2.26. The number of carbonyl (C=O) groups is 2. The minimum atomic E-state index is -0.133. The highest BCUT2D eigenvalue weighted by molar-refractivity contribution is 5.91. The van der Waals surface area contributed by atoms with Crippen molar-refractivity contribution >= 4 is 11.8 Å². The van der Waals surface area contributed by atoms with Crippen LogP contribution in [0.3, 0.4) is 0 Å². The Labute approximate surface area is 159 Å². The van der Waals surface area contributed by atoms with Crippen molar-refractivity contribution in [2.75, 3.05) is 32.8 Å². The van der Waals surface area contributed by atoms with Gasteiger partial charge in [-0.2, -0.15) is 0 Å². The molecule has 1 aliphatic heterocycles. The van der Waals surface area contributed by atoms with Crippen LogP contribution in [0.15, 0.2) is 47.1 Å². The first-order valence-electron chi connectivity index (χ1n) is 9.42. The van der Waals surface area contributed by atoms with E-state index in [9.17, 15) is 9.59 Å². The van der Waals surface area contributed by atoms with E-state index in [1.807, 2.05) is 24.3 Å². The average Bonchev–Trinajstić information content (AvgIpc) is 3.26. The second-order valence-electron chi connectivity index (χ2n) is 6.79. The van der Waals surface area contributed by atoms with Gasteiger partial charge >= 0.3 is 0 Å². The van der Waals surface area contributed by atoms with Crippen molar-refractivity contribution < 1.29 is 18.7 Å². The van der Waals surface area contributed by atoms with Crippen molar-refractivity contribution in [3.05, 3.63) is 54.0 Å². The molecule has 6 heteroatoms. The molecule has 0 radical (unpaired) electrons. The number of furan rings is 1. The van der Waals surface area contributed by atoms with Crippen molar-refractivity contribution in [1.82, 2.24) is 9.80 Å². The topological polar surface area (TPSA) is 63.0 Å². The third-order valence-electron chi connectivity index (χ3n) is 5.06. The number of para-hydroxylation sites is 1. The first-order chi connectivity index (χ1) is 13.1. The number of hydrogen-bond donors (Lipinski definition) is 0. The van der Waals surface area contributed by atoms with E-state index in [4.69, 9.17) is 9.15 Å². The summed E-state index contributed by atoms with van der Waals surface area (Å²) in [5, 5.41) is 0. The Bertz CT molecular complexity index is 764. The summed E-state index contributed by atoms with van der Waals surface area (Å²) in [5.41, 5.74) is 1.13. The molecule has 6 nitrogen and oxygen atoms in total. The van der Waals surface area contributed by atoms with E-state index in [2.05, 4.69) is 13.8 Å². The molecule has 144 valence electrons. The van der Waals surface area contributed by atoms with Crippen molar-refractivity contribution in [1.29, 1.82) is 0 Å². The van der Waals surface area contributed by atoms with Gasteiger partial charge in [-0.1, -0.05) is 32.0 Å². The number of nitrogens with zero attached hydrogens (tertiary/aromatic N) is 2. The van der Waals surface area contributed by atoms with Gasteiger partial charge < -0.3 is 19.0 Å². The highest BCUT2D eigenvalue weighted by Crippen LogP contribution is 2.28. The van der Waals surface area contributed by atoms with Crippen LogP contribution in [0.4, 0.5) is 0 Å². The summed E-state index contributed by atoms with van der Waals surface area (Å²) in [6, 6.07) is 11.2. The lowest BCUT2D eigenvalue weighted by molar-refractivity contribution is -0.134. The van der Waals surface area contributed by atoms with Crippen LogP contribution < -0.4 is 4.74 Å². The summed E-state index contributed by atoms with van der Waals surface area (Å²) in [5.74, 6) is 1.30. The molecule has 2 aromatic rings. The lowest BCUT2D eigenvalue weighted by atomic mass is 9.98. The van der Waals surface area contributed by atoms with E-state index in [0.717, 1.165) is 17.7 Å². The molecule has 0 saturated carbocycles. The zero-order valence-corrected chi connectivity index (χ0v) is 15.9. The maximum atomic E-state index is 12.5. The predicted molar refractivity (Wildman–Crippen MR) is 102 cm³/mol. The summed E-state index contributed by atoms with van der Waals surface area (Å²) in [4.78, 5) is 28.2. The number of carbonyl (C=O) groups excluding carboxylic acids is 2. The van der Waals surface area contributed by atoms with Gasteiger partial charge in [0.25, 0.3) is 11.8 Å². The van der Waals surface area contributed by atoms with E-state index in [1.165, 1.54) is 6.26 Å². The van der Waals surface area contributed by atoms with Gasteiger partial charge in [-0.3, -0.25) is 9.59 Å². The number of hydrogen-bond acceptors (Lipinski definition) is 4. The van der Waals surface area contributed by atoms with E-state index in [-0.39, 0.29) is 18.4 Å². The maximum absolute atomic E-state index is 12.5. The second-order valence-corrected chi connectivity index (χ2v) is 6.79.